The van der Waals surface area contributed by atoms with E-state index in [1.54, 1.807) is 48.4 Å². The van der Waals surface area contributed by atoms with Gasteiger partial charge in [0.25, 0.3) is 5.91 Å². The van der Waals surface area contributed by atoms with E-state index in [0.717, 1.165) is 0 Å². The van der Waals surface area contributed by atoms with Gasteiger partial charge in [-0.25, -0.2) is 0 Å². The third-order valence-corrected chi connectivity index (χ3v) is 10.5. The quantitative estimate of drug-likeness (QED) is 0.376. The highest BCUT2D eigenvalue weighted by Crippen LogP contribution is 2.59. The Bertz CT molecular complexity index is 1600. The number of halogens is 2. The van der Waals surface area contributed by atoms with Crippen molar-refractivity contribution in [3.63, 3.8) is 0 Å². The van der Waals surface area contributed by atoms with Crippen LogP contribution in [0.2, 0.25) is 5.02 Å². The van der Waals surface area contributed by atoms with Crippen LogP contribution >= 0.6 is 27.5 Å². The van der Waals surface area contributed by atoms with Gasteiger partial charge in [0.2, 0.25) is 11.8 Å². The number of nitrogens with zero attached hydrogens (tertiary/aromatic N) is 3. The number of hydrogen-bond donors (Lipinski definition) is 1. The zero-order chi connectivity index (χ0) is 32.7. The third-order valence-electron chi connectivity index (χ3n) is 9.48. The number of rotatable bonds is 4. The fraction of sp³-hybridized carbons (Fsp3) is 0.412. The number of benzene rings is 2. The molecule has 4 aliphatic heterocycles. The number of allylic oxidation sites excluding steroid dienone is 1. The molecule has 0 unspecified atom stereocenters. The molecule has 2 fully saturated rings. The SMILES string of the molecule is C[C@@H]1[C@@H](c2ccccc2)OC(=O)[C@@H]2[C@H]3O[C@@]4(C=C3Br)[C@H](C(=O)N(c3ccccc3Cl)C/C=C\CCC(=O)N1C)N(CCO)C(=O)[C@@H]24. The van der Waals surface area contributed by atoms with Gasteiger partial charge in [0.15, 0.2) is 0 Å². The second-order valence-electron chi connectivity index (χ2n) is 12.0. The summed E-state index contributed by atoms with van der Waals surface area (Å²) in [5.74, 6) is -3.96. The van der Waals surface area contributed by atoms with Gasteiger partial charge in [-0.1, -0.05) is 82.1 Å². The van der Waals surface area contributed by atoms with E-state index in [1.165, 1.54) is 9.80 Å². The van der Waals surface area contributed by atoms with Gasteiger partial charge < -0.3 is 29.3 Å². The summed E-state index contributed by atoms with van der Waals surface area (Å²) in [6.07, 6.45) is 4.23. The maximum atomic E-state index is 14.7. The van der Waals surface area contributed by atoms with Crippen molar-refractivity contribution in [2.24, 2.45) is 11.8 Å². The molecular weight excluding hydrogens is 678 g/mol. The number of hydrogen-bond acceptors (Lipinski definition) is 7. The first kappa shape index (κ1) is 32.4. The van der Waals surface area contributed by atoms with Crippen molar-refractivity contribution in [1.29, 1.82) is 0 Å². The lowest BCUT2D eigenvalue weighted by Crippen LogP contribution is -2.56. The molecule has 0 radical (unpaired) electrons. The normalized spacial score (nSPS) is 32.5. The molecule has 242 valence electrons. The van der Waals surface area contributed by atoms with E-state index < -0.39 is 66.1 Å². The van der Waals surface area contributed by atoms with E-state index in [2.05, 4.69) is 15.9 Å². The number of ether oxygens (including phenoxy) is 2. The number of likely N-dealkylation sites (tertiary alicyclic amines) is 1. The molecule has 5 bridgehead atoms. The lowest BCUT2D eigenvalue weighted by atomic mass is 9.74. The first-order valence-corrected chi connectivity index (χ1v) is 16.5. The molecule has 1 N–H and O–H groups in total. The lowest BCUT2D eigenvalue weighted by Gasteiger charge is -2.36. The Kier molecular flexibility index (Phi) is 9.13. The predicted octanol–water partition coefficient (Wildman–Crippen LogP) is 4.02. The Morgan fingerprint density at radius 1 is 1.00 bits per heavy atom. The van der Waals surface area contributed by atoms with E-state index in [1.807, 2.05) is 43.3 Å². The maximum Gasteiger partial charge on any atom is 0.313 e. The minimum atomic E-state index is -1.51. The number of amides is 3. The number of fused-ring (bicyclic) bond motifs is 2. The van der Waals surface area contributed by atoms with E-state index in [-0.39, 0.29) is 25.4 Å². The van der Waals surface area contributed by atoms with Crippen molar-refractivity contribution in [2.75, 3.05) is 31.6 Å². The molecule has 0 saturated carbocycles. The van der Waals surface area contributed by atoms with Crippen LogP contribution in [-0.2, 0) is 28.7 Å². The maximum absolute atomic E-state index is 14.7. The first-order chi connectivity index (χ1) is 22.1. The molecule has 2 saturated heterocycles. The van der Waals surface area contributed by atoms with Crippen LogP contribution < -0.4 is 4.90 Å². The smallest absolute Gasteiger partial charge is 0.313 e. The van der Waals surface area contributed by atoms with Crippen LogP contribution in [0.4, 0.5) is 5.69 Å². The van der Waals surface area contributed by atoms with Gasteiger partial charge in [-0.3, -0.25) is 19.2 Å². The first-order valence-electron chi connectivity index (χ1n) is 15.3. The molecule has 2 aromatic carbocycles. The average molecular weight is 713 g/mol. The summed E-state index contributed by atoms with van der Waals surface area (Å²) in [5, 5.41) is 10.3. The summed E-state index contributed by atoms with van der Waals surface area (Å²) < 4.78 is 13.3. The van der Waals surface area contributed by atoms with Gasteiger partial charge in [0, 0.05) is 31.0 Å². The summed E-state index contributed by atoms with van der Waals surface area (Å²) in [5.41, 5.74) is -0.388. The third kappa shape index (κ3) is 5.36. The van der Waals surface area contributed by atoms with Crippen molar-refractivity contribution in [3.05, 3.63) is 87.9 Å². The number of carbonyl (C=O) groups is 4. The van der Waals surface area contributed by atoms with Gasteiger partial charge in [0.05, 0.1) is 29.3 Å². The highest BCUT2D eigenvalue weighted by molar-refractivity contribution is 9.11. The highest BCUT2D eigenvalue weighted by Gasteiger charge is 2.75. The van der Waals surface area contributed by atoms with Crippen LogP contribution in [0.15, 0.2) is 77.3 Å². The summed E-state index contributed by atoms with van der Waals surface area (Å²) in [4.78, 5) is 60.9. The van der Waals surface area contributed by atoms with Crippen molar-refractivity contribution in [3.8, 4) is 0 Å². The Hall–Kier alpha value is -3.51. The van der Waals surface area contributed by atoms with E-state index in [0.29, 0.717) is 27.2 Å². The second-order valence-corrected chi connectivity index (χ2v) is 13.3. The Labute approximate surface area is 280 Å². The molecule has 0 aliphatic carbocycles. The van der Waals surface area contributed by atoms with E-state index >= 15 is 0 Å². The molecule has 46 heavy (non-hydrogen) atoms. The number of likely N-dealkylation sites (N-methyl/N-ethyl adjacent to an activating group) is 1. The number of esters is 1. The monoisotopic (exact) mass is 711 g/mol. The van der Waals surface area contributed by atoms with Gasteiger partial charge in [0.1, 0.15) is 29.8 Å². The molecule has 0 aromatic heterocycles. The number of carbonyl (C=O) groups excluding carboxylic acids is 4. The van der Waals surface area contributed by atoms with Crippen LogP contribution in [0, 0.1) is 11.8 Å². The molecule has 10 nitrogen and oxygen atoms in total. The second kappa shape index (κ2) is 12.9. The highest BCUT2D eigenvalue weighted by atomic mass is 79.9. The van der Waals surface area contributed by atoms with E-state index in [4.69, 9.17) is 21.1 Å². The molecular formula is C34H35BrClN3O7. The minimum absolute atomic E-state index is 0.0945. The zero-order valence-electron chi connectivity index (χ0n) is 25.4. The Balaban J connectivity index is 1.48. The molecule has 12 heteroatoms. The largest absolute Gasteiger partial charge is 0.455 e. The number of para-hydroxylation sites is 1. The number of cyclic esters (lactones) is 1. The molecule has 6 rings (SSSR count). The predicted molar refractivity (Wildman–Crippen MR) is 174 cm³/mol. The van der Waals surface area contributed by atoms with Gasteiger partial charge in [-0.15, -0.1) is 0 Å². The van der Waals surface area contributed by atoms with Gasteiger partial charge in [-0.05, 0) is 37.1 Å². The van der Waals surface area contributed by atoms with Gasteiger partial charge in [-0.2, -0.15) is 0 Å². The van der Waals surface area contributed by atoms with Crippen molar-refractivity contribution >= 4 is 56.9 Å². The Morgan fingerprint density at radius 2 is 1.72 bits per heavy atom. The molecule has 2 aromatic rings. The van der Waals surface area contributed by atoms with Gasteiger partial charge >= 0.3 is 5.97 Å². The molecule has 4 aliphatic rings. The number of β-amino-alcohol motifs (C(OH)–C–C–N with tert-alkyl or cyclic N) is 1. The number of aliphatic hydroxyl groups excluding tert-OH is 1. The average Bonchev–Trinajstić information content (AvgIpc) is 3.64. The summed E-state index contributed by atoms with van der Waals surface area (Å²) in [6.45, 7) is 1.37. The fourth-order valence-corrected chi connectivity index (χ4v) is 8.12. The van der Waals surface area contributed by atoms with Crippen LogP contribution in [0.3, 0.4) is 0 Å². The molecule has 3 amide bonds. The minimum Gasteiger partial charge on any atom is -0.455 e. The summed E-state index contributed by atoms with van der Waals surface area (Å²) >= 11 is 10.1. The molecule has 4 heterocycles. The van der Waals surface area contributed by atoms with Crippen LogP contribution in [0.1, 0.15) is 31.4 Å². The standard InChI is InChI=1S/C34H35BrClN3O7/c1-20-28(21-11-5-3-6-12-21)45-33(44)26-27-31(42)39(17-18-40)30(34(27)19-22(35)29(26)46-34)32(43)38(24-14-9-8-13-23(24)36)16-10-4-7-15-25(41)37(20)2/h3-6,8-14,19-20,26-30,40H,7,15-18H2,1-2H3/b10-4-/t20-,26+,27-,28+,29+,30+,34-/m1/s1. The van der Waals surface area contributed by atoms with Crippen LogP contribution in [0.25, 0.3) is 0 Å². The lowest BCUT2D eigenvalue weighted by molar-refractivity contribution is -0.164. The van der Waals surface area contributed by atoms with Crippen molar-refractivity contribution < 1.29 is 33.8 Å². The van der Waals surface area contributed by atoms with Crippen molar-refractivity contribution in [1.82, 2.24) is 9.80 Å². The zero-order valence-corrected chi connectivity index (χ0v) is 27.8. The molecule has 7 atom stereocenters. The number of aliphatic hydroxyl groups is 1. The Morgan fingerprint density at radius 3 is 2.43 bits per heavy atom. The molecule has 1 spiro atoms. The summed E-state index contributed by atoms with van der Waals surface area (Å²) in [7, 11) is 1.68. The van der Waals surface area contributed by atoms with Crippen molar-refractivity contribution in [2.45, 2.75) is 49.7 Å². The fourth-order valence-electron chi connectivity index (χ4n) is 7.14. The number of anilines is 1. The van der Waals surface area contributed by atoms with Crippen LogP contribution in [0.5, 0.6) is 0 Å². The van der Waals surface area contributed by atoms with E-state index in [9.17, 15) is 24.3 Å². The van der Waals surface area contributed by atoms with Crippen LogP contribution in [-0.4, -0.2) is 89.1 Å². The summed E-state index contributed by atoms with van der Waals surface area (Å²) in [6, 6.07) is 14.3. The topological polar surface area (TPSA) is 117 Å².